The largest absolute Gasteiger partial charge is 0.309 e. The molecule has 2 nitrogen and oxygen atoms in total. The molecule has 13 aromatic carbocycles. The van der Waals surface area contributed by atoms with Crippen LogP contribution in [0.4, 0.5) is 0 Å². The highest BCUT2D eigenvalue weighted by Gasteiger charge is 2.43. The Bertz CT molecular complexity index is 4630. The van der Waals surface area contributed by atoms with E-state index in [9.17, 15) is 0 Å². The molecule has 82 heavy (non-hydrogen) atoms. The van der Waals surface area contributed by atoms with Crippen molar-refractivity contribution in [3.63, 3.8) is 0 Å². The zero-order valence-corrected chi connectivity index (χ0v) is 47.2. The van der Waals surface area contributed by atoms with Gasteiger partial charge in [-0.25, -0.2) is 0 Å². The maximum absolute atomic E-state index is 3.00. The van der Waals surface area contributed by atoms with Gasteiger partial charge in [0.1, 0.15) is 0 Å². The van der Waals surface area contributed by atoms with E-state index in [0.717, 1.165) is 22.4 Å². The molecule has 15 rings (SSSR count). The number of para-hydroxylation sites is 1. The first-order chi connectivity index (χ1) is 40.7. The Morgan fingerprint density at radius 3 is 1.17 bits per heavy atom. The highest BCUT2D eigenvalue weighted by Crippen LogP contribution is 2.41. The Labute approximate surface area is 480 Å². The second-order valence-electron chi connectivity index (χ2n) is 21.5. The quantitative estimate of drug-likeness (QED) is 0.0852. The van der Waals surface area contributed by atoms with Gasteiger partial charge in [-0.2, -0.15) is 0 Å². The van der Waals surface area contributed by atoms with Crippen LogP contribution in [0.1, 0.15) is 0 Å². The average Bonchev–Trinajstić information content (AvgIpc) is 4.28. The molecule has 0 N–H and O–H groups in total. The van der Waals surface area contributed by atoms with E-state index in [2.05, 4.69) is 349 Å². The minimum Gasteiger partial charge on any atom is -0.309 e. The van der Waals surface area contributed by atoms with Crippen LogP contribution in [0.25, 0.3) is 77.2 Å². The summed E-state index contributed by atoms with van der Waals surface area (Å²) in [4.78, 5) is 0. The summed E-state index contributed by atoms with van der Waals surface area (Å²) < 4.78 is 5.06. The van der Waals surface area contributed by atoms with Gasteiger partial charge in [0.15, 0.2) is 16.1 Å². The van der Waals surface area contributed by atoms with Crippen molar-refractivity contribution in [2.75, 3.05) is 0 Å². The Kier molecular flexibility index (Phi) is 12.3. The van der Waals surface area contributed by atoms with Crippen LogP contribution in [-0.4, -0.2) is 25.3 Å². The molecule has 2 aromatic heterocycles. The van der Waals surface area contributed by atoms with Gasteiger partial charge in [-0.1, -0.05) is 291 Å². The van der Waals surface area contributed by atoms with Crippen molar-refractivity contribution in [2.45, 2.75) is 0 Å². The van der Waals surface area contributed by atoms with Crippen molar-refractivity contribution in [2.24, 2.45) is 0 Å². The minimum atomic E-state index is -3.00. The summed E-state index contributed by atoms with van der Waals surface area (Å²) in [5.74, 6) is 0. The highest BCUT2D eigenvalue weighted by atomic mass is 28.3. The minimum absolute atomic E-state index is 1.12. The molecule has 0 fully saturated rings. The molecule has 0 aliphatic heterocycles. The predicted octanol–water partition coefficient (Wildman–Crippen LogP) is 14.0. The fourth-order valence-electron chi connectivity index (χ4n) is 13.7. The molecule has 0 saturated heterocycles. The standard InChI is InChI=1S/C78H56N2Si2/c1-8-27-57(28-9-1)59-31-24-43-67(53-59)82(65-39-18-6-19-40-65,66-41-20-7-21-42-66)68-44-25-32-60(54-68)79-75-52-49-61(55-73(75)78-70(46-26-48-76(78)79)58-29-10-2-11-30-58)80-74-47-23-22-45-71(74)72-51-50-69(56-77(72)80)81(62-33-12-3-13-34-62,63-35-14-4-15-36-63)64-37-16-5-17-38-64/h1-56H. The lowest BCUT2D eigenvalue weighted by Gasteiger charge is -2.35. The molecular weight excluding hydrogens is 1020 g/mol. The van der Waals surface area contributed by atoms with Crippen LogP contribution in [0.15, 0.2) is 340 Å². The maximum Gasteiger partial charge on any atom is 0.179 e. The summed E-state index contributed by atoms with van der Waals surface area (Å²) in [5, 5.41) is 15.6. The number of aromatic nitrogens is 2. The number of fused-ring (bicyclic) bond motifs is 6. The van der Waals surface area contributed by atoms with E-state index in [1.54, 1.807) is 0 Å². The molecule has 0 atom stereocenters. The summed E-state index contributed by atoms with van der Waals surface area (Å²) in [6, 6.07) is 127. The van der Waals surface area contributed by atoms with E-state index in [1.165, 1.54) is 96.3 Å². The summed E-state index contributed by atoms with van der Waals surface area (Å²) in [5.41, 5.74) is 11.8. The van der Waals surface area contributed by atoms with Crippen molar-refractivity contribution >= 4 is 101 Å². The molecule has 386 valence electrons. The lowest BCUT2D eigenvalue weighted by Crippen LogP contribution is -2.74. The molecule has 15 aromatic rings. The first kappa shape index (κ1) is 49.0. The number of rotatable bonds is 12. The average molecular weight is 1080 g/mol. The van der Waals surface area contributed by atoms with Crippen LogP contribution < -0.4 is 41.5 Å². The van der Waals surface area contributed by atoms with Crippen LogP contribution in [0.3, 0.4) is 0 Å². The third-order valence-corrected chi connectivity index (χ3v) is 26.7. The molecule has 0 bridgehead atoms. The number of hydrogen-bond donors (Lipinski definition) is 0. The summed E-state index contributed by atoms with van der Waals surface area (Å²) in [6.45, 7) is 0. The van der Waals surface area contributed by atoms with Gasteiger partial charge < -0.3 is 9.13 Å². The topological polar surface area (TPSA) is 9.86 Å². The number of nitrogens with zero attached hydrogens (tertiary/aromatic N) is 2. The van der Waals surface area contributed by atoms with Gasteiger partial charge in [0.25, 0.3) is 0 Å². The maximum atomic E-state index is 2.54. The van der Waals surface area contributed by atoms with Crippen LogP contribution in [0, 0.1) is 0 Å². The summed E-state index contributed by atoms with van der Waals surface area (Å²) in [7, 11) is -5.87. The number of hydrogen-bond acceptors (Lipinski definition) is 0. The molecule has 4 heteroatoms. The molecule has 0 spiro atoms. The highest BCUT2D eigenvalue weighted by molar-refractivity contribution is 7.20. The van der Waals surface area contributed by atoms with Gasteiger partial charge in [-0.05, 0) is 112 Å². The third-order valence-electron chi connectivity index (χ3n) is 17.2. The van der Waals surface area contributed by atoms with E-state index >= 15 is 0 Å². The lowest BCUT2D eigenvalue weighted by atomic mass is 9.99. The Morgan fingerprint density at radius 1 is 0.195 bits per heavy atom. The number of benzene rings is 13. The lowest BCUT2D eigenvalue weighted by molar-refractivity contribution is 1.17. The zero-order valence-electron chi connectivity index (χ0n) is 45.2. The Hall–Kier alpha value is -10.1. The van der Waals surface area contributed by atoms with Gasteiger partial charge in [0, 0.05) is 32.9 Å². The van der Waals surface area contributed by atoms with Gasteiger partial charge >= 0.3 is 0 Å². The fourth-order valence-corrected chi connectivity index (χ4v) is 23.3. The van der Waals surface area contributed by atoms with Crippen molar-refractivity contribution in [3.8, 4) is 33.6 Å². The molecular formula is C78H56N2Si2. The van der Waals surface area contributed by atoms with E-state index in [1.807, 2.05) is 0 Å². The first-order valence-electron chi connectivity index (χ1n) is 28.4. The molecule has 0 aliphatic carbocycles. The second-order valence-corrected chi connectivity index (χ2v) is 29.1. The molecule has 2 heterocycles. The molecule has 0 aliphatic rings. The van der Waals surface area contributed by atoms with Crippen molar-refractivity contribution in [1.29, 1.82) is 0 Å². The van der Waals surface area contributed by atoms with Gasteiger partial charge in [-0.3, -0.25) is 0 Å². The van der Waals surface area contributed by atoms with Gasteiger partial charge in [0.05, 0.1) is 22.1 Å². The van der Waals surface area contributed by atoms with Crippen LogP contribution in [0.5, 0.6) is 0 Å². The van der Waals surface area contributed by atoms with Crippen molar-refractivity contribution in [1.82, 2.24) is 9.13 Å². The van der Waals surface area contributed by atoms with E-state index in [4.69, 9.17) is 0 Å². The molecule has 0 unspecified atom stereocenters. The predicted molar refractivity (Wildman–Crippen MR) is 353 cm³/mol. The fraction of sp³-hybridized carbons (Fsp3) is 0. The van der Waals surface area contributed by atoms with Gasteiger partial charge in [-0.15, -0.1) is 0 Å². The molecule has 0 saturated carbocycles. The molecule has 0 radical (unpaired) electrons. The second kappa shape index (κ2) is 20.5. The summed E-state index contributed by atoms with van der Waals surface area (Å²) in [6.07, 6.45) is 0. The SMILES string of the molecule is c1ccc(-c2cccc([Si](c3ccccc3)(c3ccccc3)c3cccc(-n4c5ccc(-n6c7ccccc7c7ccc([Si](c8ccccc8)(c8ccccc8)c8ccccc8)cc76)cc5c5c(-c6ccccc6)cccc54)c3)c2)cc1. The van der Waals surface area contributed by atoms with Crippen molar-refractivity contribution < 1.29 is 0 Å². The first-order valence-corrected chi connectivity index (χ1v) is 32.4. The molecule has 0 amide bonds. The van der Waals surface area contributed by atoms with E-state index < -0.39 is 16.1 Å². The monoisotopic (exact) mass is 1080 g/mol. The van der Waals surface area contributed by atoms with Crippen LogP contribution in [0.2, 0.25) is 0 Å². The summed E-state index contributed by atoms with van der Waals surface area (Å²) >= 11 is 0. The smallest absolute Gasteiger partial charge is 0.179 e. The Morgan fingerprint density at radius 2 is 0.585 bits per heavy atom. The Balaban J connectivity index is 0.991. The normalized spacial score (nSPS) is 11.9. The zero-order chi connectivity index (χ0) is 54.5. The van der Waals surface area contributed by atoms with E-state index in [-0.39, 0.29) is 0 Å². The van der Waals surface area contributed by atoms with E-state index in [0.29, 0.717) is 0 Å². The van der Waals surface area contributed by atoms with Crippen molar-refractivity contribution in [3.05, 3.63) is 340 Å². The van der Waals surface area contributed by atoms with Crippen LogP contribution >= 0.6 is 0 Å². The van der Waals surface area contributed by atoms with Gasteiger partial charge in [0.2, 0.25) is 0 Å². The third kappa shape index (κ3) is 7.90. The van der Waals surface area contributed by atoms with Crippen LogP contribution in [-0.2, 0) is 0 Å².